The summed E-state index contributed by atoms with van der Waals surface area (Å²) in [6, 6.07) is 4.42. The van der Waals surface area contributed by atoms with Crippen LogP contribution in [0.4, 0.5) is 0 Å². The van der Waals surface area contributed by atoms with Gasteiger partial charge in [0, 0.05) is 11.8 Å². The van der Waals surface area contributed by atoms with E-state index in [1.807, 2.05) is 0 Å². The molecule has 0 heterocycles. The molecule has 0 amide bonds. The first-order valence-electron chi connectivity index (χ1n) is 4.66. The molecular weight excluding hydrogens is 230 g/mol. The van der Waals surface area contributed by atoms with Gasteiger partial charge < -0.3 is 15.9 Å². The summed E-state index contributed by atoms with van der Waals surface area (Å²) in [6.07, 6.45) is 1.08. The Kier molecular flexibility index (Phi) is 3.39. The number of rotatable bonds is 3. The average molecular weight is 245 g/mol. The number of sulfone groups is 1. The molecule has 90 valence electrons. The summed E-state index contributed by atoms with van der Waals surface area (Å²) in [4.78, 5) is 0.122. The molecule has 0 saturated heterocycles. The van der Waals surface area contributed by atoms with Crippen LogP contribution in [0.1, 0.15) is 12.5 Å². The predicted octanol–water partition coefficient (Wildman–Crippen LogP) is -0.425. The highest BCUT2D eigenvalue weighted by Gasteiger charge is 2.30. The molecule has 1 aromatic rings. The molecular formula is C10H15NO4S. The zero-order valence-electron chi connectivity index (χ0n) is 9.08. The zero-order chi connectivity index (χ0) is 12.6. The van der Waals surface area contributed by atoms with Crippen LogP contribution in [-0.4, -0.2) is 30.9 Å². The van der Waals surface area contributed by atoms with Crippen LogP contribution in [0.25, 0.3) is 0 Å². The lowest BCUT2D eigenvalue weighted by atomic mass is 10.0. The van der Waals surface area contributed by atoms with Crippen molar-refractivity contribution < 1.29 is 18.6 Å². The maximum absolute atomic E-state index is 11.2. The largest absolute Gasteiger partial charge is 0.361 e. The summed E-state index contributed by atoms with van der Waals surface area (Å²) in [5.74, 6) is -2.16. The van der Waals surface area contributed by atoms with Crippen LogP contribution >= 0.6 is 0 Å². The van der Waals surface area contributed by atoms with Crippen molar-refractivity contribution in [1.29, 1.82) is 0 Å². The van der Waals surface area contributed by atoms with Crippen molar-refractivity contribution >= 4 is 9.84 Å². The van der Waals surface area contributed by atoms with Crippen LogP contribution < -0.4 is 5.73 Å². The van der Waals surface area contributed by atoms with Crippen molar-refractivity contribution in [2.75, 3.05) is 6.26 Å². The molecule has 1 atom stereocenters. The van der Waals surface area contributed by atoms with Crippen LogP contribution in [-0.2, 0) is 15.6 Å². The van der Waals surface area contributed by atoms with E-state index in [1.165, 1.54) is 31.2 Å². The van der Waals surface area contributed by atoms with Gasteiger partial charge in [0.15, 0.2) is 9.84 Å². The van der Waals surface area contributed by atoms with E-state index in [0.29, 0.717) is 0 Å². The minimum absolute atomic E-state index is 0.122. The van der Waals surface area contributed by atoms with Crippen LogP contribution in [0.2, 0.25) is 0 Å². The third-order valence-corrected chi connectivity index (χ3v) is 3.47. The molecule has 1 rings (SSSR count). The lowest BCUT2D eigenvalue weighted by Gasteiger charge is -2.26. The van der Waals surface area contributed by atoms with Gasteiger partial charge in [0.25, 0.3) is 0 Å². The Morgan fingerprint density at radius 2 is 1.69 bits per heavy atom. The fourth-order valence-corrected chi connectivity index (χ4v) is 1.84. The number of nitrogens with two attached hydrogens (primary N) is 1. The summed E-state index contributed by atoms with van der Waals surface area (Å²) in [5, 5.41) is 19.3. The summed E-state index contributed by atoms with van der Waals surface area (Å²) in [6.45, 7) is 1.45. The van der Waals surface area contributed by atoms with Gasteiger partial charge in [-0.15, -0.1) is 0 Å². The highest BCUT2D eigenvalue weighted by atomic mass is 32.2. The fourth-order valence-electron chi connectivity index (χ4n) is 1.21. The first kappa shape index (κ1) is 13.1. The topological polar surface area (TPSA) is 101 Å². The molecule has 6 heteroatoms. The molecule has 16 heavy (non-hydrogen) atoms. The van der Waals surface area contributed by atoms with Crippen LogP contribution in [0.3, 0.4) is 0 Å². The summed E-state index contributed by atoms with van der Waals surface area (Å²) >= 11 is 0. The Labute approximate surface area is 94.4 Å². The first-order valence-corrected chi connectivity index (χ1v) is 6.56. The first-order chi connectivity index (χ1) is 7.15. The predicted molar refractivity (Wildman–Crippen MR) is 59.3 cm³/mol. The second-order valence-corrected chi connectivity index (χ2v) is 5.83. The molecule has 0 spiro atoms. The fraction of sp³-hybridized carbons (Fsp3) is 0.400. The smallest absolute Gasteiger partial charge is 0.205 e. The minimum Gasteiger partial charge on any atom is -0.361 e. The van der Waals surface area contributed by atoms with Crippen molar-refractivity contribution in [1.82, 2.24) is 0 Å². The van der Waals surface area contributed by atoms with E-state index in [1.54, 1.807) is 0 Å². The molecule has 0 aliphatic heterocycles. The molecule has 0 saturated carbocycles. The van der Waals surface area contributed by atoms with Gasteiger partial charge in [-0.1, -0.05) is 12.1 Å². The van der Waals surface area contributed by atoms with E-state index in [2.05, 4.69) is 0 Å². The summed E-state index contributed by atoms with van der Waals surface area (Å²) < 4.78 is 22.4. The Morgan fingerprint density at radius 3 is 2.00 bits per heavy atom. The molecule has 4 N–H and O–H groups in total. The van der Waals surface area contributed by atoms with Crippen LogP contribution in [0.5, 0.6) is 0 Å². The van der Waals surface area contributed by atoms with E-state index in [9.17, 15) is 18.6 Å². The molecule has 1 unspecified atom stereocenters. The van der Waals surface area contributed by atoms with Crippen molar-refractivity contribution in [2.24, 2.45) is 5.73 Å². The Bertz CT molecular complexity index is 462. The third-order valence-electron chi connectivity index (χ3n) is 2.34. The van der Waals surface area contributed by atoms with Crippen LogP contribution in [0.15, 0.2) is 29.2 Å². The summed E-state index contributed by atoms with van der Waals surface area (Å²) in [7, 11) is -3.28. The lowest BCUT2D eigenvalue weighted by molar-refractivity contribution is -0.182. The number of benzene rings is 1. The van der Waals surface area contributed by atoms with Gasteiger partial charge in [-0.25, -0.2) is 8.42 Å². The molecule has 0 fully saturated rings. The van der Waals surface area contributed by atoms with Crippen molar-refractivity contribution in [3.8, 4) is 0 Å². The van der Waals surface area contributed by atoms with Gasteiger partial charge >= 0.3 is 0 Å². The maximum Gasteiger partial charge on any atom is 0.205 e. The van der Waals surface area contributed by atoms with Gasteiger partial charge in [0.05, 0.1) is 10.9 Å². The number of hydrogen-bond acceptors (Lipinski definition) is 5. The lowest BCUT2D eigenvalue weighted by Crippen LogP contribution is -2.43. The molecule has 5 nitrogen and oxygen atoms in total. The Morgan fingerprint density at radius 1 is 1.25 bits per heavy atom. The second-order valence-electron chi connectivity index (χ2n) is 3.81. The van der Waals surface area contributed by atoms with Crippen molar-refractivity contribution in [2.45, 2.75) is 23.6 Å². The third kappa shape index (κ3) is 2.59. The molecule has 0 radical (unpaired) electrons. The molecule has 0 bridgehead atoms. The monoisotopic (exact) mass is 245 g/mol. The average Bonchev–Trinajstić information content (AvgIpc) is 2.16. The van der Waals surface area contributed by atoms with Gasteiger partial charge in [-0.05, 0) is 19.1 Å². The quantitative estimate of drug-likeness (QED) is 0.628. The minimum atomic E-state index is -3.28. The Hall–Kier alpha value is -0.950. The zero-order valence-corrected chi connectivity index (χ0v) is 9.90. The highest BCUT2D eigenvalue weighted by molar-refractivity contribution is 7.90. The number of hydrogen-bond donors (Lipinski definition) is 3. The van der Waals surface area contributed by atoms with E-state index in [-0.39, 0.29) is 10.5 Å². The molecule has 0 aromatic heterocycles. The van der Waals surface area contributed by atoms with Gasteiger partial charge in [-0.3, -0.25) is 0 Å². The van der Waals surface area contributed by atoms with E-state index in [0.717, 1.165) is 6.26 Å². The summed E-state index contributed by atoms with van der Waals surface area (Å²) in [5.41, 5.74) is 5.57. The number of aliphatic hydroxyl groups is 2. The van der Waals surface area contributed by atoms with Crippen molar-refractivity contribution in [3.63, 3.8) is 0 Å². The van der Waals surface area contributed by atoms with E-state index < -0.39 is 21.7 Å². The SMILES string of the molecule is CC(N)C(O)(O)c1ccc(S(C)(=O)=O)cc1. The molecule has 0 aliphatic carbocycles. The normalized spacial score (nSPS) is 14.8. The van der Waals surface area contributed by atoms with Gasteiger partial charge in [-0.2, -0.15) is 0 Å². The van der Waals surface area contributed by atoms with Gasteiger partial charge in [0.1, 0.15) is 0 Å². The highest BCUT2D eigenvalue weighted by Crippen LogP contribution is 2.22. The second kappa shape index (κ2) is 4.14. The van der Waals surface area contributed by atoms with Crippen LogP contribution in [0, 0.1) is 0 Å². The molecule has 1 aromatic carbocycles. The van der Waals surface area contributed by atoms with Gasteiger partial charge in [0.2, 0.25) is 5.79 Å². The molecule has 0 aliphatic rings. The standard InChI is InChI=1S/C10H15NO4S/c1-7(11)10(12,13)8-3-5-9(6-4-8)16(2,14)15/h3-7,12-13H,11H2,1-2H3. The van der Waals surface area contributed by atoms with E-state index >= 15 is 0 Å². The Balaban J connectivity index is 3.14. The maximum atomic E-state index is 11.2. The van der Waals surface area contributed by atoms with Crippen molar-refractivity contribution in [3.05, 3.63) is 29.8 Å². The van der Waals surface area contributed by atoms with E-state index in [4.69, 9.17) is 5.73 Å².